The molecule has 2 aromatic rings. The third kappa shape index (κ3) is 5.25. The third-order valence-corrected chi connectivity index (χ3v) is 4.44. The normalized spacial score (nSPS) is 15.7. The average Bonchev–Trinajstić information content (AvgIpc) is 2.70. The van der Waals surface area contributed by atoms with Crippen LogP contribution in [0.5, 0.6) is 0 Å². The highest BCUT2D eigenvalue weighted by Crippen LogP contribution is 2.21. The summed E-state index contributed by atoms with van der Waals surface area (Å²) in [5, 5.41) is 16.4. The molecule has 0 spiro atoms. The van der Waals surface area contributed by atoms with Gasteiger partial charge in [-0.1, -0.05) is 36.4 Å². The van der Waals surface area contributed by atoms with Gasteiger partial charge >= 0.3 is 6.03 Å². The van der Waals surface area contributed by atoms with Crippen LogP contribution in [-0.2, 0) is 4.74 Å². The van der Waals surface area contributed by atoms with Crippen molar-refractivity contribution in [2.24, 2.45) is 0 Å². The molecule has 1 heterocycles. The van der Waals surface area contributed by atoms with E-state index in [1.165, 1.54) is 18.2 Å². The molecule has 8 nitrogen and oxygen atoms in total. The topological polar surface area (TPSA) is 96.7 Å². The van der Waals surface area contributed by atoms with Crippen molar-refractivity contribution in [3.63, 3.8) is 0 Å². The second-order valence-corrected chi connectivity index (χ2v) is 6.22. The Morgan fingerprint density at radius 3 is 2.59 bits per heavy atom. The molecular weight excluding hydrogens is 348 g/mol. The largest absolute Gasteiger partial charge is 0.379 e. The van der Waals surface area contributed by atoms with Crippen LogP contribution in [-0.4, -0.2) is 48.7 Å². The van der Waals surface area contributed by atoms with E-state index in [2.05, 4.69) is 15.5 Å². The average molecular weight is 370 g/mol. The van der Waals surface area contributed by atoms with Crippen LogP contribution in [0.1, 0.15) is 11.6 Å². The van der Waals surface area contributed by atoms with Crippen LogP contribution in [0.15, 0.2) is 54.6 Å². The summed E-state index contributed by atoms with van der Waals surface area (Å²) >= 11 is 0. The number of amides is 2. The number of carbonyl (C=O) groups excluding carboxylic acids is 1. The zero-order valence-electron chi connectivity index (χ0n) is 14.8. The monoisotopic (exact) mass is 370 g/mol. The van der Waals surface area contributed by atoms with Gasteiger partial charge in [-0.05, 0) is 11.6 Å². The standard InChI is InChI=1S/C19H22N4O4/c24-19(21-16-7-4-8-17(13-16)23(25)26)20-14-18(15-5-2-1-3-6-15)22-9-11-27-12-10-22/h1-8,13,18H,9-12,14H2,(H2,20,21,24)/t18-/m0/s1. The minimum absolute atomic E-state index is 0.0333. The van der Waals surface area contributed by atoms with Crippen LogP contribution in [0, 0.1) is 10.1 Å². The molecule has 27 heavy (non-hydrogen) atoms. The minimum atomic E-state index is -0.493. The molecule has 1 atom stereocenters. The lowest BCUT2D eigenvalue weighted by Gasteiger charge is -2.34. The van der Waals surface area contributed by atoms with E-state index >= 15 is 0 Å². The van der Waals surface area contributed by atoms with Crippen molar-refractivity contribution >= 4 is 17.4 Å². The van der Waals surface area contributed by atoms with Gasteiger partial charge < -0.3 is 15.4 Å². The molecule has 1 aliphatic heterocycles. The number of ether oxygens (including phenoxy) is 1. The number of hydrogen-bond acceptors (Lipinski definition) is 5. The fourth-order valence-corrected chi connectivity index (χ4v) is 3.08. The number of rotatable bonds is 6. The van der Waals surface area contributed by atoms with Gasteiger partial charge in [-0.2, -0.15) is 0 Å². The van der Waals surface area contributed by atoms with Crippen LogP contribution in [0.25, 0.3) is 0 Å². The zero-order valence-corrected chi connectivity index (χ0v) is 14.8. The van der Waals surface area contributed by atoms with Gasteiger partial charge in [0.05, 0.1) is 24.2 Å². The molecule has 0 saturated carbocycles. The smallest absolute Gasteiger partial charge is 0.319 e. The lowest BCUT2D eigenvalue weighted by Crippen LogP contribution is -2.44. The Kier molecular flexibility index (Phi) is 6.35. The van der Waals surface area contributed by atoms with E-state index in [9.17, 15) is 14.9 Å². The third-order valence-electron chi connectivity index (χ3n) is 4.44. The van der Waals surface area contributed by atoms with E-state index in [-0.39, 0.29) is 11.7 Å². The number of nitro groups is 1. The van der Waals surface area contributed by atoms with E-state index in [1.807, 2.05) is 30.3 Å². The fraction of sp³-hybridized carbons (Fsp3) is 0.316. The molecule has 0 aromatic heterocycles. The minimum Gasteiger partial charge on any atom is -0.379 e. The maximum absolute atomic E-state index is 12.3. The number of urea groups is 1. The van der Waals surface area contributed by atoms with E-state index in [4.69, 9.17) is 4.74 Å². The van der Waals surface area contributed by atoms with Gasteiger partial charge in [0.2, 0.25) is 0 Å². The van der Waals surface area contributed by atoms with Crippen molar-refractivity contribution in [3.8, 4) is 0 Å². The van der Waals surface area contributed by atoms with Gasteiger partial charge in [-0.25, -0.2) is 4.79 Å². The quantitative estimate of drug-likeness (QED) is 0.602. The van der Waals surface area contributed by atoms with Crippen LogP contribution < -0.4 is 10.6 Å². The summed E-state index contributed by atoms with van der Waals surface area (Å²) in [6.07, 6.45) is 0. The Labute approximate surface area is 157 Å². The van der Waals surface area contributed by atoms with E-state index < -0.39 is 11.0 Å². The predicted octanol–water partition coefficient (Wildman–Crippen LogP) is 2.79. The maximum atomic E-state index is 12.3. The molecule has 0 unspecified atom stereocenters. The van der Waals surface area contributed by atoms with Crippen LogP contribution in [0.3, 0.4) is 0 Å². The van der Waals surface area contributed by atoms with E-state index in [1.54, 1.807) is 6.07 Å². The van der Waals surface area contributed by atoms with Gasteiger partial charge in [0.25, 0.3) is 5.69 Å². The molecular formula is C19H22N4O4. The molecule has 2 N–H and O–H groups in total. The Morgan fingerprint density at radius 2 is 1.89 bits per heavy atom. The van der Waals surface area contributed by atoms with Gasteiger partial charge in [0.15, 0.2) is 0 Å². The van der Waals surface area contributed by atoms with Crippen molar-refractivity contribution in [1.29, 1.82) is 0 Å². The van der Waals surface area contributed by atoms with Crippen molar-refractivity contribution < 1.29 is 14.5 Å². The lowest BCUT2D eigenvalue weighted by molar-refractivity contribution is -0.384. The summed E-state index contributed by atoms with van der Waals surface area (Å²) in [6, 6.07) is 15.5. The van der Waals surface area contributed by atoms with Crippen molar-refractivity contribution in [2.45, 2.75) is 6.04 Å². The fourth-order valence-electron chi connectivity index (χ4n) is 3.08. The second kappa shape index (κ2) is 9.11. The summed E-state index contributed by atoms with van der Waals surface area (Å²) in [4.78, 5) is 24.9. The van der Waals surface area contributed by atoms with Crippen molar-refractivity contribution in [1.82, 2.24) is 10.2 Å². The highest BCUT2D eigenvalue weighted by molar-refractivity contribution is 5.89. The SMILES string of the molecule is O=C(NC[C@@H](c1ccccc1)N1CCOCC1)Nc1cccc([N+](=O)[O-])c1. The van der Waals surface area contributed by atoms with E-state index in [0.29, 0.717) is 25.4 Å². The molecule has 142 valence electrons. The number of benzene rings is 2. The number of hydrogen-bond donors (Lipinski definition) is 2. The molecule has 2 aromatic carbocycles. The Hall–Kier alpha value is -2.97. The molecule has 8 heteroatoms. The molecule has 0 radical (unpaired) electrons. The summed E-state index contributed by atoms with van der Waals surface area (Å²) in [5.41, 5.74) is 1.43. The molecule has 1 aliphatic rings. The van der Waals surface area contributed by atoms with Crippen molar-refractivity contribution in [2.75, 3.05) is 38.2 Å². The van der Waals surface area contributed by atoms with Gasteiger partial charge in [0.1, 0.15) is 0 Å². The second-order valence-electron chi connectivity index (χ2n) is 6.22. The maximum Gasteiger partial charge on any atom is 0.319 e. The number of carbonyl (C=O) groups is 1. The van der Waals surface area contributed by atoms with Gasteiger partial charge in [-0.15, -0.1) is 0 Å². The first-order chi connectivity index (χ1) is 13.1. The first kappa shape index (κ1) is 18.8. The van der Waals surface area contributed by atoms with Crippen LogP contribution in [0.2, 0.25) is 0 Å². The summed E-state index contributed by atoms with van der Waals surface area (Å²) in [7, 11) is 0. The highest BCUT2D eigenvalue weighted by atomic mass is 16.6. The predicted molar refractivity (Wildman–Crippen MR) is 102 cm³/mol. The summed E-state index contributed by atoms with van der Waals surface area (Å²) in [6.45, 7) is 3.36. The highest BCUT2D eigenvalue weighted by Gasteiger charge is 2.23. The number of morpholine rings is 1. The summed E-state index contributed by atoms with van der Waals surface area (Å²) in [5.74, 6) is 0. The number of nitro benzene ring substituents is 1. The summed E-state index contributed by atoms with van der Waals surface area (Å²) < 4.78 is 5.42. The molecule has 0 bridgehead atoms. The van der Waals surface area contributed by atoms with Gasteiger partial charge in [0, 0.05) is 37.5 Å². The molecule has 1 saturated heterocycles. The first-order valence-corrected chi connectivity index (χ1v) is 8.79. The number of anilines is 1. The Morgan fingerprint density at radius 1 is 1.15 bits per heavy atom. The Balaban J connectivity index is 1.63. The molecule has 1 fully saturated rings. The van der Waals surface area contributed by atoms with Gasteiger partial charge in [-0.3, -0.25) is 15.0 Å². The van der Waals surface area contributed by atoms with Crippen LogP contribution >= 0.6 is 0 Å². The number of nitrogens with one attached hydrogen (secondary N) is 2. The van der Waals surface area contributed by atoms with Crippen molar-refractivity contribution in [3.05, 3.63) is 70.3 Å². The molecule has 3 rings (SSSR count). The molecule has 2 amide bonds. The lowest BCUT2D eigenvalue weighted by atomic mass is 10.0. The molecule has 0 aliphatic carbocycles. The van der Waals surface area contributed by atoms with Crippen LogP contribution in [0.4, 0.5) is 16.2 Å². The first-order valence-electron chi connectivity index (χ1n) is 8.79. The zero-order chi connectivity index (χ0) is 19.1. The van der Waals surface area contributed by atoms with E-state index in [0.717, 1.165) is 18.7 Å². The Bertz CT molecular complexity index is 778. The number of non-ortho nitro benzene ring substituents is 1. The number of nitrogens with zero attached hydrogens (tertiary/aromatic N) is 2.